The van der Waals surface area contributed by atoms with Crippen molar-refractivity contribution in [2.24, 2.45) is 7.05 Å². The quantitative estimate of drug-likeness (QED) is 0.749. The number of benzene rings is 1. The van der Waals surface area contributed by atoms with E-state index in [4.69, 9.17) is 0 Å². The number of aromatic hydroxyl groups is 1. The molecule has 0 radical (unpaired) electrons. The van der Waals surface area contributed by atoms with Crippen LogP contribution in [0.1, 0.15) is 19.3 Å². The van der Waals surface area contributed by atoms with Crippen LogP contribution in [0.25, 0.3) is 22.0 Å². The molecule has 146 valence electrons. The Kier molecular flexibility index (Phi) is 4.49. The number of nitrogens with zero attached hydrogens (tertiary/aromatic N) is 4. The van der Waals surface area contributed by atoms with E-state index < -0.39 is 17.5 Å². The van der Waals surface area contributed by atoms with E-state index in [0.29, 0.717) is 17.9 Å². The van der Waals surface area contributed by atoms with Gasteiger partial charge >= 0.3 is 0 Å². The lowest BCUT2D eigenvalue weighted by Gasteiger charge is -2.26. The summed E-state index contributed by atoms with van der Waals surface area (Å²) in [7, 11) is 3.23. The molecule has 28 heavy (non-hydrogen) atoms. The zero-order valence-corrected chi connectivity index (χ0v) is 15.6. The maximum Gasteiger partial charge on any atom is 0.258 e. The van der Waals surface area contributed by atoms with Gasteiger partial charge in [-0.2, -0.15) is 0 Å². The minimum absolute atomic E-state index is 0.0864. The summed E-state index contributed by atoms with van der Waals surface area (Å²) in [6.45, 7) is 0. The summed E-state index contributed by atoms with van der Waals surface area (Å²) in [5.74, 6) is -0.235. The topological polar surface area (TPSA) is 71.2 Å². The number of phenolic OH excluding ortho intramolecular Hbond substituents is 1. The minimum atomic E-state index is -0.887. The smallest absolute Gasteiger partial charge is 0.258 e. The van der Waals surface area contributed by atoms with E-state index in [2.05, 4.69) is 10.2 Å². The van der Waals surface area contributed by atoms with Gasteiger partial charge in [-0.1, -0.05) is 0 Å². The number of pyridine rings is 1. The van der Waals surface area contributed by atoms with Crippen molar-refractivity contribution in [3.05, 3.63) is 46.6 Å². The van der Waals surface area contributed by atoms with Crippen LogP contribution in [0.5, 0.6) is 5.75 Å². The number of fused-ring (bicyclic) bond motifs is 1. The Morgan fingerprint density at radius 1 is 1.21 bits per heavy atom. The maximum absolute atomic E-state index is 14.3. The van der Waals surface area contributed by atoms with Gasteiger partial charge in [0.15, 0.2) is 5.82 Å². The lowest BCUT2D eigenvalue weighted by Crippen LogP contribution is -2.36. The molecule has 6 nitrogen and oxygen atoms in total. The van der Waals surface area contributed by atoms with E-state index >= 15 is 0 Å². The molecule has 0 spiro atoms. The number of hydrogen-bond donors (Lipinski definition) is 1. The third kappa shape index (κ3) is 2.98. The Morgan fingerprint density at radius 2 is 2.00 bits per heavy atom. The second kappa shape index (κ2) is 6.85. The van der Waals surface area contributed by atoms with E-state index in [1.165, 1.54) is 19.2 Å². The molecular weight excluding hydrogens is 366 g/mol. The molecule has 1 aliphatic rings. The summed E-state index contributed by atoms with van der Waals surface area (Å²) in [4.78, 5) is 13.9. The van der Waals surface area contributed by atoms with Crippen molar-refractivity contribution in [3.63, 3.8) is 0 Å². The van der Waals surface area contributed by atoms with Gasteiger partial charge in [0, 0.05) is 31.2 Å². The van der Waals surface area contributed by atoms with Crippen LogP contribution in [-0.4, -0.2) is 39.1 Å². The van der Waals surface area contributed by atoms with Crippen LogP contribution >= 0.6 is 0 Å². The SMILES string of the molecule is CN(c1ccc(-c2cc3c(F)cn(C)c(=O)c3cc2O)nn1)[C@@H]1CCC[C@@H]1F. The molecule has 1 aliphatic carbocycles. The van der Waals surface area contributed by atoms with E-state index in [1.807, 2.05) is 0 Å². The summed E-state index contributed by atoms with van der Waals surface area (Å²) in [5.41, 5.74) is 0.198. The highest BCUT2D eigenvalue weighted by molar-refractivity contribution is 5.89. The number of halogens is 2. The zero-order chi connectivity index (χ0) is 20.0. The van der Waals surface area contributed by atoms with Gasteiger partial charge in [0.2, 0.25) is 0 Å². The van der Waals surface area contributed by atoms with Crippen molar-refractivity contribution in [2.75, 3.05) is 11.9 Å². The number of aryl methyl sites for hydroxylation is 1. The second-order valence-corrected chi connectivity index (χ2v) is 7.21. The number of phenols is 1. The van der Waals surface area contributed by atoms with Crippen molar-refractivity contribution in [1.82, 2.24) is 14.8 Å². The number of alkyl halides is 1. The highest BCUT2D eigenvalue weighted by Crippen LogP contribution is 2.33. The fraction of sp³-hybridized carbons (Fsp3) is 0.350. The molecule has 1 aromatic carbocycles. The van der Waals surface area contributed by atoms with E-state index in [0.717, 1.165) is 23.6 Å². The van der Waals surface area contributed by atoms with Crippen LogP contribution in [-0.2, 0) is 7.05 Å². The van der Waals surface area contributed by atoms with E-state index in [1.54, 1.807) is 24.1 Å². The molecule has 0 bridgehead atoms. The number of aromatic nitrogens is 3. The summed E-state index contributed by atoms with van der Waals surface area (Å²) in [6.07, 6.45) is 2.38. The lowest BCUT2D eigenvalue weighted by atomic mass is 10.0. The third-order valence-electron chi connectivity index (χ3n) is 5.43. The zero-order valence-electron chi connectivity index (χ0n) is 15.6. The van der Waals surface area contributed by atoms with Gasteiger partial charge in [0.1, 0.15) is 17.7 Å². The molecule has 0 saturated heterocycles. The van der Waals surface area contributed by atoms with E-state index in [9.17, 15) is 18.7 Å². The molecule has 0 aliphatic heterocycles. The normalized spacial score (nSPS) is 19.3. The highest BCUT2D eigenvalue weighted by Gasteiger charge is 2.31. The summed E-state index contributed by atoms with van der Waals surface area (Å²) < 4.78 is 29.4. The molecule has 0 unspecified atom stereocenters. The fourth-order valence-electron chi connectivity index (χ4n) is 3.81. The molecule has 8 heteroatoms. The Labute approximate surface area is 160 Å². The number of hydrogen-bond acceptors (Lipinski definition) is 5. The Morgan fingerprint density at radius 3 is 2.64 bits per heavy atom. The van der Waals surface area contributed by atoms with Gasteiger partial charge in [0.05, 0.1) is 17.1 Å². The van der Waals surface area contributed by atoms with Crippen molar-refractivity contribution in [3.8, 4) is 17.0 Å². The van der Waals surface area contributed by atoms with Crippen LogP contribution < -0.4 is 10.5 Å². The van der Waals surface area contributed by atoms with E-state index in [-0.39, 0.29) is 28.1 Å². The summed E-state index contributed by atoms with van der Waals surface area (Å²) in [6, 6.07) is 5.74. The highest BCUT2D eigenvalue weighted by atomic mass is 19.1. The first-order valence-corrected chi connectivity index (χ1v) is 9.09. The van der Waals surface area contributed by atoms with Gasteiger partial charge in [-0.25, -0.2) is 8.78 Å². The molecule has 1 saturated carbocycles. The molecule has 2 heterocycles. The fourth-order valence-corrected chi connectivity index (χ4v) is 3.81. The van der Waals surface area contributed by atoms with Crippen LogP contribution in [0.3, 0.4) is 0 Å². The summed E-state index contributed by atoms with van der Waals surface area (Å²) >= 11 is 0. The third-order valence-corrected chi connectivity index (χ3v) is 5.43. The summed E-state index contributed by atoms with van der Waals surface area (Å²) in [5, 5.41) is 18.8. The molecule has 1 N–H and O–H groups in total. The maximum atomic E-state index is 14.3. The predicted octanol–water partition coefficient (Wildman–Crippen LogP) is 3.17. The standard InChI is InChI=1S/C20H20F2N4O2/c1-25-10-15(22)11-8-13(18(27)9-12(11)20(25)28)16-6-7-19(24-23-16)26(2)17-5-3-4-14(17)21/h6-10,14,17,27H,3-5H2,1-2H3/t14-,17+/m0/s1. The van der Waals surface area contributed by atoms with Crippen LogP contribution in [0.4, 0.5) is 14.6 Å². The molecular formula is C20H20F2N4O2. The predicted molar refractivity (Wildman–Crippen MR) is 103 cm³/mol. The minimum Gasteiger partial charge on any atom is -0.507 e. The van der Waals surface area contributed by atoms with Crippen molar-refractivity contribution in [2.45, 2.75) is 31.5 Å². The monoisotopic (exact) mass is 386 g/mol. The van der Waals surface area contributed by atoms with Gasteiger partial charge in [-0.3, -0.25) is 4.79 Å². The first kappa shape index (κ1) is 18.3. The van der Waals surface area contributed by atoms with Crippen LogP contribution in [0, 0.1) is 5.82 Å². The Balaban J connectivity index is 1.72. The Hall–Kier alpha value is -3.03. The Bertz CT molecular complexity index is 1100. The number of rotatable bonds is 3. The molecule has 1 fully saturated rings. The molecule has 3 aromatic rings. The van der Waals surface area contributed by atoms with Gasteiger partial charge in [0.25, 0.3) is 5.56 Å². The lowest BCUT2D eigenvalue weighted by molar-refractivity contribution is 0.306. The van der Waals surface area contributed by atoms with Crippen molar-refractivity contribution < 1.29 is 13.9 Å². The second-order valence-electron chi connectivity index (χ2n) is 7.21. The van der Waals surface area contributed by atoms with Crippen LogP contribution in [0.2, 0.25) is 0 Å². The largest absolute Gasteiger partial charge is 0.507 e. The van der Waals surface area contributed by atoms with Gasteiger partial charge < -0.3 is 14.6 Å². The van der Waals surface area contributed by atoms with Crippen molar-refractivity contribution in [1.29, 1.82) is 0 Å². The average molecular weight is 386 g/mol. The van der Waals surface area contributed by atoms with Gasteiger partial charge in [-0.05, 0) is 43.5 Å². The molecule has 2 aromatic heterocycles. The van der Waals surface area contributed by atoms with Gasteiger partial charge in [-0.15, -0.1) is 10.2 Å². The number of anilines is 1. The average Bonchev–Trinajstić information content (AvgIpc) is 3.11. The van der Waals surface area contributed by atoms with Crippen LogP contribution in [0.15, 0.2) is 35.3 Å². The first-order valence-electron chi connectivity index (χ1n) is 9.09. The molecule has 4 rings (SSSR count). The molecule has 0 amide bonds. The molecule has 2 atom stereocenters. The first-order chi connectivity index (χ1) is 13.4. The van der Waals surface area contributed by atoms with Crippen molar-refractivity contribution >= 4 is 16.6 Å².